The van der Waals surface area contributed by atoms with Crippen LogP contribution < -0.4 is 10.1 Å². The second-order valence-corrected chi connectivity index (χ2v) is 5.23. The standard InChI is InChI=1S/C16H25NO/c1-3-11-17-16-10-5-4-9-15(16)13-7-6-8-14(12-13)18-2/h6-8,12,15-17H,3-5,9-11H2,1-2H3. The lowest BCUT2D eigenvalue weighted by atomic mass is 9.80. The van der Waals surface area contributed by atoms with Crippen molar-refractivity contribution in [2.45, 2.75) is 51.0 Å². The van der Waals surface area contributed by atoms with Crippen LogP contribution in [-0.4, -0.2) is 19.7 Å². The van der Waals surface area contributed by atoms with Crippen LogP contribution in [-0.2, 0) is 0 Å². The Labute approximate surface area is 111 Å². The van der Waals surface area contributed by atoms with Crippen LogP contribution in [0.3, 0.4) is 0 Å². The largest absolute Gasteiger partial charge is 0.497 e. The SMILES string of the molecule is CCCNC1CCCCC1c1cccc(OC)c1. The topological polar surface area (TPSA) is 21.3 Å². The molecule has 0 heterocycles. The van der Waals surface area contributed by atoms with Crippen molar-refractivity contribution in [2.75, 3.05) is 13.7 Å². The van der Waals surface area contributed by atoms with Crippen molar-refractivity contribution < 1.29 is 4.74 Å². The summed E-state index contributed by atoms with van der Waals surface area (Å²) in [5, 5.41) is 3.72. The Morgan fingerprint density at radius 2 is 2.11 bits per heavy atom. The average molecular weight is 247 g/mol. The average Bonchev–Trinajstić information content (AvgIpc) is 2.45. The highest BCUT2D eigenvalue weighted by Crippen LogP contribution is 2.34. The Balaban J connectivity index is 2.11. The first-order valence-corrected chi connectivity index (χ1v) is 7.22. The van der Waals surface area contributed by atoms with Gasteiger partial charge in [-0.15, -0.1) is 0 Å². The zero-order valence-corrected chi connectivity index (χ0v) is 11.6. The first-order valence-electron chi connectivity index (χ1n) is 7.22. The maximum absolute atomic E-state index is 5.34. The summed E-state index contributed by atoms with van der Waals surface area (Å²) < 4.78 is 5.34. The Morgan fingerprint density at radius 3 is 2.89 bits per heavy atom. The molecule has 2 nitrogen and oxygen atoms in total. The lowest BCUT2D eigenvalue weighted by molar-refractivity contribution is 0.327. The van der Waals surface area contributed by atoms with Gasteiger partial charge < -0.3 is 10.1 Å². The molecule has 1 aliphatic rings. The molecule has 2 rings (SSSR count). The highest BCUT2D eigenvalue weighted by Gasteiger charge is 2.25. The maximum atomic E-state index is 5.34. The summed E-state index contributed by atoms with van der Waals surface area (Å²) in [5.41, 5.74) is 1.43. The molecule has 0 radical (unpaired) electrons. The molecule has 0 bridgehead atoms. The first kappa shape index (κ1) is 13.4. The van der Waals surface area contributed by atoms with E-state index in [2.05, 4.69) is 30.4 Å². The molecule has 2 unspecified atom stereocenters. The second-order valence-electron chi connectivity index (χ2n) is 5.23. The molecule has 1 aromatic rings. The first-order chi connectivity index (χ1) is 8.85. The minimum atomic E-state index is 0.644. The molecule has 0 saturated heterocycles. The van der Waals surface area contributed by atoms with E-state index in [-0.39, 0.29) is 0 Å². The van der Waals surface area contributed by atoms with E-state index >= 15 is 0 Å². The molecular formula is C16H25NO. The third-order valence-corrected chi connectivity index (χ3v) is 3.94. The fourth-order valence-electron chi connectivity index (χ4n) is 2.98. The van der Waals surface area contributed by atoms with Gasteiger partial charge in [-0.25, -0.2) is 0 Å². The zero-order valence-electron chi connectivity index (χ0n) is 11.6. The Kier molecular flexibility index (Phi) is 5.06. The van der Waals surface area contributed by atoms with Crippen LogP contribution in [0.2, 0.25) is 0 Å². The summed E-state index contributed by atoms with van der Waals surface area (Å²) in [7, 11) is 1.74. The summed E-state index contributed by atoms with van der Waals surface area (Å²) in [6, 6.07) is 9.24. The van der Waals surface area contributed by atoms with Gasteiger partial charge in [0, 0.05) is 6.04 Å². The van der Waals surface area contributed by atoms with Gasteiger partial charge in [-0.3, -0.25) is 0 Å². The molecule has 0 spiro atoms. The molecule has 1 aromatic carbocycles. The van der Waals surface area contributed by atoms with E-state index in [0.29, 0.717) is 12.0 Å². The van der Waals surface area contributed by atoms with Gasteiger partial charge in [0.2, 0.25) is 0 Å². The van der Waals surface area contributed by atoms with Gasteiger partial charge in [-0.2, -0.15) is 0 Å². The number of rotatable bonds is 5. The van der Waals surface area contributed by atoms with Crippen LogP contribution in [0.5, 0.6) is 5.75 Å². The van der Waals surface area contributed by atoms with Gasteiger partial charge in [-0.1, -0.05) is 31.9 Å². The molecule has 0 aliphatic heterocycles. The Hall–Kier alpha value is -1.02. The van der Waals surface area contributed by atoms with Gasteiger partial charge in [0.1, 0.15) is 5.75 Å². The van der Waals surface area contributed by atoms with Crippen LogP contribution >= 0.6 is 0 Å². The van der Waals surface area contributed by atoms with Crippen molar-refractivity contribution in [2.24, 2.45) is 0 Å². The number of hydrogen-bond acceptors (Lipinski definition) is 2. The van der Waals surface area contributed by atoms with Crippen LogP contribution in [0, 0.1) is 0 Å². The number of nitrogens with one attached hydrogen (secondary N) is 1. The highest BCUT2D eigenvalue weighted by atomic mass is 16.5. The van der Waals surface area contributed by atoms with Gasteiger partial charge in [0.15, 0.2) is 0 Å². The van der Waals surface area contributed by atoms with E-state index in [1.54, 1.807) is 7.11 Å². The van der Waals surface area contributed by atoms with Crippen molar-refractivity contribution in [3.8, 4) is 5.75 Å². The van der Waals surface area contributed by atoms with Gasteiger partial charge >= 0.3 is 0 Å². The molecule has 1 aliphatic carbocycles. The van der Waals surface area contributed by atoms with E-state index in [9.17, 15) is 0 Å². The monoisotopic (exact) mass is 247 g/mol. The number of ether oxygens (including phenoxy) is 1. The van der Waals surface area contributed by atoms with Crippen LogP contribution in [0.4, 0.5) is 0 Å². The van der Waals surface area contributed by atoms with Crippen molar-refractivity contribution >= 4 is 0 Å². The van der Waals surface area contributed by atoms with Gasteiger partial charge in [-0.05, 0) is 49.4 Å². The molecule has 1 N–H and O–H groups in total. The number of hydrogen-bond donors (Lipinski definition) is 1. The molecule has 2 heteroatoms. The van der Waals surface area contributed by atoms with Crippen LogP contribution in [0.25, 0.3) is 0 Å². The molecule has 0 amide bonds. The third kappa shape index (κ3) is 3.26. The van der Waals surface area contributed by atoms with Crippen molar-refractivity contribution in [1.82, 2.24) is 5.32 Å². The quantitative estimate of drug-likeness (QED) is 0.856. The summed E-state index contributed by atoms with van der Waals surface area (Å²) in [4.78, 5) is 0. The maximum Gasteiger partial charge on any atom is 0.119 e. The van der Waals surface area contributed by atoms with Crippen molar-refractivity contribution in [3.63, 3.8) is 0 Å². The van der Waals surface area contributed by atoms with Crippen molar-refractivity contribution in [3.05, 3.63) is 29.8 Å². The predicted octanol–water partition coefficient (Wildman–Crippen LogP) is 3.72. The molecular weight excluding hydrogens is 222 g/mol. The normalized spacial score (nSPS) is 23.9. The number of methoxy groups -OCH3 is 1. The molecule has 1 fully saturated rings. The summed E-state index contributed by atoms with van der Waals surface area (Å²) >= 11 is 0. The van der Waals surface area contributed by atoms with E-state index in [1.165, 1.54) is 37.7 Å². The summed E-state index contributed by atoms with van der Waals surface area (Å²) in [6.45, 7) is 3.36. The summed E-state index contributed by atoms with van der Waals surface area (Å²) in [5.74, 6) is 1.63. The van der Waals surface area contributed by atoms with Crippen molar-refractivity contribution in [1.29, 1.82) is 0 Å². The highest BCUT2D eigenvalue weighted by molar-refractivity contribution is 5.32. The third-order valence-electron chi connectivity index (χ3n) is 3.94. The molecule has 1 saturated carbocycles. The molecule has 0 aromatic heterocycles. The van der Waals surface area contributed by atoms with Crippen LogP contribution in [0.15, 0.2) is 24.3 Å². The fourth-order valence-corrected chi connectivity index (χ4v) is 2.98. The Morgan fingerprint density at radius 1 is 1.28 bits per heavy atom. The molecule has 18 heavy (non-hydrogen) atoms. The molecule has 100 valence electrons. The minimum Gasteiger partial charge on any atom is -0.497 e. The van der Waals surface area contributed by atoms with Gasteiger partial charge in [0.05, 0.1) is 7.11 Å². The van der Waals surface area contributed by atoms with E-state index in [0.717, 1.165) is 12.3 Å². The lowest BCUT2D eigenvalue weighted by Gasteiger charge is -2.33. The predicted molar refractivity (Wildman–Crippen MR) is 76.3 cm³/mol. The molecule has 2 atom stereocenters. The van der Waals surface area contributed by atoms with E-state index < -0.39 is 0 Å². The minimum absolute atomic E-state index is 0.644. The number of benzene rings is 1. The zero-order chi connectivity index (χ0) is 12.8. The Bertz CT molecular complexity index is 364. The summed E-state index contributed by atoms with van der Waals surface area (Å²) in [6.07, 6.45) is 6.53. The lowest BCUT2D eigenvalue weighted by Crippen LogP contribution is -2.37. The smallest absolute Gasteiger partial charge is 0.119 e. The van der Waals surface area contributed by atoms with E-state index in [4.69, 9.17) is 4.74 Å². The second kappa shape index (κ2) is 6.79. The van der Waals surface area contributed by atoms with Gasteiger partial charge in [0.25, 0.3) is 0 Å². The fraction of sp³-hybridized carbons (Fsp3) is 0.625. The van der Waals surface area contributed by atoms with E-state index in [1.807, 2.05) is 6.07 Å². The van der Waals surface area contributed by atoms with Crippen LogP contribution in [0.1, 0.15) is 50.5 Å².